The van der Waals surface area contributed by atoms with E-state index in [1.165, 1.54) is 0 Å². The van der Waals surface area contributed by atoms with Crippen LogP contribution in [-0.2, 0) is 23.9 Å². The van der Waals surface area contributed by atoms with Crippen molar-refractivity contribution in [2.45, 2.75) is 65.5 Å². The van der Waals surface area contributed by atoms with E-state index in [2.05, 4.69) is 10.5 Å². The van der Waals surface area contributed by atoms with Crippen LogP contribution < -0.4 is 11.1 Å². The third-order valence-corrected chi connectivity index (χ3v) is 5.71. The molecular weight excluding hydrogens is 474 g/mol. The van der Waals surface area contributed by atoms with Crippen LogP contribution in [0.15, 0.2) is 53.7 Å². The molecule has 0 bridgehead atoms. The van der Waals surface area contributed by atoms with Gasteiger partial charge >= 0.3 is 18.0 Å². The van der Waals surface area contributed by atoms with Gasteiger partial charge in [0.05, 0.1) is 6.42 Å². The van der Waals surface area contributed by atoms with Crippen LogP contribution in [0.2, 0.25) is 0 Å². The number of oxime groups is 1. The molecule has 37 heavy (non-hydrogen) atoms. The number of hydrogen-bond acceptors (Lipinski definition) is 7. The summed E-state index contributed by atoms with van der Waals surface area (Å²) in [7, 11) is 0. The number of nitrogens with one attached hydrogen (secondary N) is 1. The first-order chi connectivity index (χ1) is 17.3. The van der Waals surface area contributed by atoms with E-state index in [1.54, 1.807) is 41.5 Å². The molecule has 1 amide bonds. The van der Waals surface area contributed by atoms with Crippen molar-refractivity contribution in [3.05, 3.63) is 59.7 Å². The second-order valence-corrected chi connectivity index (χ2v) is 10.9. The molecule has 0 heterocycles. The number of alkyl carbamates (subject to hydrolysis) is 1. The normalized spacial score (nSPS) is 14.3. The molecule has 9 nitrogen and oxygen atoms in total. The maximum absolute atomic E-state index is 12.7. The summed E-state index contributed by atoms with van der Waals surface area (Å²) in [6.07, 6.45) is -1.34. The molecule has 0 radical (unpaired) electrons. The first-order valence-electron chi connectivity index (χ1n) is 12.1. The Bertz CT molecular complexity index is 1150. The zero-order valence-corrected chi connectivity index (χ0v) is 22.2. The van der Waals surface area contributed by atoms with Crippen LogP contribution in [0, 0.1) is 5.41 Å². The highest BCUT2D eigenvalue weighted by atomic mass is 16.7. The minimum Gasteiger partial charge on any atom is -0.460 e. The molecule has 9 heteroatoms. The molecule has 1 aliphatic rings. The number of carbonyl (C=O) groups is 3. The molecule has 0 unspecified atom stereocenters. The monoisotopic (exact) mass is 509 g/mol. The quantitative estimate of drug-likeness (QED) is 0.185. The van der Waals surface area contributed by atoms with Gasteiger partial charge in [-0.15, -0.1) is 0 Å². The van der Waals surface area contributed by atoms with Crippen LogP contribution in [0.1, 0.15) is 65.0 Å². The Kier molecular flexibility index (Phi) is 8.25. The molecule has 3 rings (SSSR count). The number of hydrogen-bond donors (Lipinski definition) is 2. The molecule has 198 valence electrons. The van der Waals surface area contributed by atoms with Crippen molar-refractivity contribution in [3.63, 3.8) is 0 Å². The number of nitrogens with zero attached hydrogens (tertiary/aromatic N) is 1. The van der Waals surface area contributed by atoms with Crippen molar-refractivity contribution in [2.75, 3.05) is 6.61 Å². The van der Waals surface area contributed by atoms with E-state index in [9.17, 15) is 14.4 Å². The Labute approximate surface area is 217 Å². The van der Waals surface area contributed by atoms with Gasteiger partial charge in [0.15, 0.2) is 0 Å². The minimum absolute atomic E-state index is 0.0448. The summed E-state index contributed by atoms with van der Waals surface area (Å²) in [4.78, 5) is 42.8. The zero-order valence-electron chi connectivity index (χ0n) is 22.2. The number of carbonyl (C=O) groups excluding carboxylic acids is 3. The summed E-state index contributed by atoms with van der Waals surface area (Å²) in [6, 6.07) is 14.5. The van der Waals surface area contributed by atoms with Crippen LogP contribution in [-0.4, -0.2) is 42.1 Å². The van der Waals surface area contributed by atoms with Crippen molar-refractivity contribution >= 4 is 23.9 Å². The Balaban J connectivity index is 1.71. The molecule has 0 fully saturated rings. The molecule has 0 saturated carbocycles. The fourth-order valence-electron chi connectivity index (χ4n) is 3.82. The minimum atomic E-state index is -1.39. The molecule has 0 spiro atoms. The predicted molar refractivity (Wildman–Crippen MR) is 140 cm³/mol. The highest BCUT2D eigenvalue weighted by Crippen LogP contribution is 2.44. The van der Waals surface area contributed by atoms with E-state index in [4.69, 9.17) is 20.0 Å². The van der Waals surface area contributed by atoms with Gasteiger partial charge in [0, 0.05) is 11.3 Å². The summed E-state index contributed by atoms with van der Waals surface area (Å²) in [5.74, 6) is -1.74. The number of esters is 1. The average Bonchev–Trinajstić information content (AvgIpc) is 3.12. The summed E-state index contributed by atoms with van der Waals surface area (Å²) < 4.78 is 10.8. The highest BCUT2D eigenvalue weighted by molar-refractivity contribution is 5.88. The Hall–Kier alpha value is -3.88. The van der Waals surface area contributed by atoms with Crippen LogP contribution in [0.4, 0.5) is 4.79 Å². The van der Waals surface area contributed by atoms with E-state index >= 15 is 0 Å². The number of amides is 1. The second kappa shape index (κ2) is 11.0. The van der Waals surface area contributed by atoms with Gasteiger partial charge < -0.3 is 25.4 Å². The van der Waals surface area contributed by atoms with Crippen molar-refractivity contribution in [3.8, 4) is 11.1 Å². The number of benzene rings is 2. The summed E-state index contributed by atoms with van der Waals surface area (Å²) in [6.45, 7) is 10.5. The average molecular weight is 510 g/mol. The number of nitrogens with two attached hydrogens (primary N) is 1. The highest BCUT2D eigenvalue weighted by Gasteiger charge is 2.32. The van der Waals surface area contributed by atoms with Gasteiger partial charge in [-0.25, -0.2) is 9.59 Å². The van der Waals surface area contributed by atoms with E-state index in [1.807, 2.05) is 48.5 Å². The van der Waals surface area contributed by atoms with Crippen LogP contribution in [0.5, 0.6) is 0 Å². The lowest BCUT2D eigenvalue weighted by Crippen LogP contribution is -2.44. The van der Waals surface area contributed by atoms with Crippen LogP contribution in [0.3, 0.4) is 0 Å². The predicted octanol–water partition coefficient (Wildman–Crippen LogP) is 4.49. The molecule has 0 aliphatic heterocycles. The molecule has 0 saturated heterocycles. The second-order valence-electron chi connectivity index (χ2n) is 10.9. The van der Waals surface area contributed by atoms with Crippen LogP contribution in [0.25, 0.3) is 11.1 Å². The van der Waals surface area contributed by atoms with Gasteiger partial charge in [-0.1, -0.05) is 74.5 Å². The summed E-state index contributed by atoms with van der Waals surface area (Å²) in [5.41, 5.74) is 8.81. The van der Waals surface area contributed by atoms with E-state index in [0.717, 1.165) is 22.3 Å². The summed E-state index contributed by atoms with van der Waals surface area (Å²) in [5, 5.41) is 6.09. The van der Waals surface area contributed by atoms with Gasteiger partial charge in [0.2, 0.25) is 0 Å². The van der Waals surface area contributed by atoms with Crippen molar-refractivity contribution < 1.29 is 28.7 Å². The molecule has 0 aromatic heterocycles. The lowest BCUT2D eigenvalue weighted by atomic mass is 9.96. The van der Waals surface area contributed by atoms with Gasteiger partial charge in [0.25, 0.3) is 0 Å². The fourth-order valence-corrected chi connectivity index (χ4v) is 3.82. The first-order valence-corrected chi connectivity index (χ1v) is 12.1. The lowest BCUT2D eigenvalue weighted by molar-refractivity contribution is -0.159. The van der Waals surface area contributed by atoms with E-state index in [-0.39, 0.29) is 18.4 Å². The number of rotatable bonds is 7. The third kappa shape index (κ3) is 7.31. The number of amidine groups is 1. The molecule has 2 aromatic rings. The fraction of sp³-hybridized carbons (Fsp3) is 0.429. The first kappa shape index (κ1) is 27.7. The molecule has 1 aliphatic carbocycles. The summed E-state index contributed by atoms with van der Waals surface area (Å²) >= 11 is 0. The van der Waals surface area contributed by atoms with E-state index < -0.39 is 41.5 Å². The molecular formula is C28H35N3O6. The van der Waals surface area contributed by atoms with Gasteiger partial charge in [-0.3, -0.25) is 4.79 Å². The Morgan fingerprint density at radius 2 is 1.49 bits per heavy atom. The standard InChI is InChI=1S/C28H35N3O6/c1-27(2,3)25(29)31-37-24(33)22(15-23(32)36-28(4,5)6)30-26(34)35-16-21-19-13-9-7-11-17(19)18-12-8-10-14-20(18)21/h7-14,21-22H,15-16H2,1-6H3,(H2,29,31)(H,30,34)/t22-/m0/s1. The molecule has 1 atom stereocenters. The molecule has 2 aromatic carbocycles. The lowest BCUT2D eigenvalue weighted by Gasteiger charge is -2.22. The number of fused-ring (bicyclic) bond motifs is 3. The SMILES string of the molecule is CC(C)(C)OC(=O)C[C@H](NC(=O)OCC1c2ccccc2-c2ccccc21)C(=O)O/N=C(/N)C(C)(C)C. The smallest absolute Gasteiger partial charge is 0.407 e. The van der Waals surface area contributed by atoms with Gasteiger partial charge in [-0.2, -0.15) is 0 Å². The molecule has 3 N–H and O–H groups in total. The van der Waals surface area contributed by atoms with Crippen molar-refractivity contribution in [1.82, 2.24) is 5.32 Å². The topological polar surface area (TPSA) is 129 Å². The van der Waals surface area contributed by atoms with Crippen molar-refractivity contribution in [1.29, 1.82) is 0 Å². The van der Waals surface area contributed by atoms with Crippen LogP contribution >= 0.6 is 0 Å². The maximum Gasteiger partial charge on any atom is 0.407 e. The van der Waals surface area contributed by atoms with Gasteiger partial charge in [-0.05, 0) is 43.0 Å². The largest absolute Gasteiger partial charge is 0.460 e. The number of ether oxygens (including phenoxy) is 2. The Morgan fingerprint density at radius 3 is 2.00 bits per heavy atom. The maximum atomic E-state index is 12.7. The van der Waals surface area contributed by atoms with Gasteiger partial charge in [0.1, 0.15) is 24.1 Å². The Morgan fingerprint density at radius 1 is 0.946 bits per heavy atom. The van der Waals surface area contributed by atoms with Crippen molar-refractivity contribution in [2.24, 2.45) is 16.3 Å². The third-order valence-electron chi connectivity index (χ3n) is 5.71. The van der Waals surface area contributed by atoms with E-state index in [0.29, 0.717) is 0 Å². The zero-order chi connectivity index (χ0) is 27.4.